The van der Waals surface area contributed by atoms with Crippen LogP contribution in [0.15, 0.2) is 36.5 Å². The van der Waals surface area contributed by atoms with E-state index in [9.17, 15) is 35.1 Å². The van der Waals surface area contributed by atoms with Crippen molar-refractivity contribution < 1.29 is 49.3 Å². The second kappa shape index (κ2) is 58.6. The molecule has 1 saturated heterocycles. The lowest BCUT2D eigenvalue weighted by atomic mass is 9.99. The number of aliphatic hydroxyl groups is 5. The molecule has 0 aromatic carbocycles. The molecule has 0 aromatic rings. The van der Waals surface area contributed by atoms with Crippen LogP contribution < -0.4 is 5.32 Å². The zero-order valence-corrected chi connectivity index (χ0v) is 52.1. The van der Waals surface area contributed by atoms with Crippen molar-refractivity contribution in [1.82, 2.24) is 5.32 Å². The Morgan fingerprint density at radius 1 is 0.463 bits per heavy atom. The highest BCUT2D eigenvalue weighted by Crippen LogP contribution is 2.23. The van der Waals surface area contributed by atoms with Crippen molar-refractivity contribution in [3.63, 3.8) is 0 Å². The van der Waals surface area contributed by atoms with Crippen LogP contribution in [0.3, 0.4) is 0 Å². The van der Waals surface area contributed by atoms with Crippen LogP contribution >= 0.6 is 0 Å². The van der Waals surface area contributed by atoms with E-state index in [4.69, 9.17) is 14.2 Å². The zero-order chi connectivity index (χ0) is 58.0. The minimum Gasteiger partial charge on any atom is -0.466 e. The number of hydrogen-bond donors (Lipinski definition) is 6. The second-order valence-corrected chi connectivity index (χ2v) is 23.9. The average molecular weight is 1130 g/mol. The summed E-state index contributed by atoms with van der Waals surface area (Å²) in [5.74, 6) is -0.183. The molecule has 470 valence electrons. The first-order valence-electron chi connectivity index (χ1n) is 34.3. The minimum absolute atomic E-state index is 0.00384. The Morgan fingerprint density at radius 3 is 1.30 bits per heavy atom. The summed E-state index contributed by atoms with van der Waals surface area (Å²) in [5.41, 5.74) is 0. The third kappa shape index (κ3) is 47.3. The number of rotatable bonds is 60. The first kappa shape index (κ1) is 75.9. The van der Waals surface area contributed by atoms with E-state index in [0.717, 1.165) is 64.2 Å². The minimum atomic E-state index is -1.57. The third-order valence-electron chi connectivity index (χ3n) is 16.2. The lowest BCUT2D eigenvalue weighted by molar-refractivity contribution is -0.302. The quantitative estimate of drug-likeness (QED) is 0.0195. The van der Waals surface area contributed by atoms with Gasteiger partial charge in [0.2, 0.25) is 5.91 Å². The fraction of sp³-hybridized carbons (Fsp3) is 0.884. The summed E-state index contributed by atoms with van der Waals surface area (Å²) in [5, 5.41) is 54.3. The van der Waals surface area contributed by atoms with Crippen molar-refractivity contribution in [2.24, 2.45) is 0 Å². The molecule has 1 fully saturated rings. The lowest BCUT2D eigenvalue weighted by Crippen LogP contribution is -2.60. The van der Waals surface area contributed by atoms with Gasteiger partial charge < -0.3 is 45.1 Å². The number of carbonyl (C=O) groups excluding carboxylic acids is 2. The molecule has 0 radical (unpaired) electrons. The molecule has 7 unspecified atom stereocenters. The van der Waals surface area contributed by atoms with Crippen LogP contribution in [0.25, 0.3) is 0 Å². The van der Waals surface area contributed by atoms with Gasteiger partial charge in [-0.05, 0) is 57.8 Å². The molecule has 0 aliphatic carbocycles. The van der Waals surface area contributed by atoms with E-state index < -0.39 is 49.5 Å². The zero-order valence-electron chi connectivity index (χ0n) is 52.1. The summed E-state index contributed by atoms with van der Waals surface area (Å²) in [6.45, 7) is 4.30. The molecule has 1 amide bonds. The van der Waals surface area contributed by atoms with Gasteiger partial charge >= 0.3 is 5.97 Å². The van der Waals surface area contributed by atoms with Crippen LogP contribution in [-0.2, 0) is 23.8 Å². The lowest BCUT2D eigenvalue weighted by Gasteiger charge is -2.40. The molecule has 1 aliphatic rings. The van der Waals surface area contributed by atoms with Gasteiger partial charge in [0.1, 0.15) is 24.4 Å². The fourth-order valence-electron chi connectivity index (χ4n) is 10.8. The molecule has 6 N–H and O–H groups in total. The Morgan fingerprint density at radius 2 is 0.850 bits per heavy atom. The van der Waals surface area contributed by atoms with Gasteiger partial charge in [-0.3, -0.25) is 9.59 Å². The molecule has 7 atom stereocenters. The number of carbonyl (C=O) groups is 2. The van der Waals surface area contributed by atoms with Crippen LogP contribution in [0.4, 0.5) is 0 Å². The normalized spacial score (nSPS) is 18.5. The predicted molar refractivity (Wildman–Crippen MR) is 334 cm³/mol. The number of unbranched alkanes of at least 4 members (excludes halogenated alkanes) is 42. The second-order valence-electron chi connectivity index (χ2n) is 23.9. The summed E-state index contributed by atoms with van der Waals surface area (Å²) >= 11 is 0. The van der Waals surface area contributed by atoms with E-state index in [1.54, 1.807) is 6.08 Å². The first-order chi connectivity index (χ1) is 39.2. The van der Waals surface area contributed by atoms with Gasteiger partial charge in [0.15, 0.2) is 6.29 Å². The highest BCUT2D eigenvalue weighted by atomic mass is 16.7. The van der Waals surface area contributed by atoms with Gasteiger partial charge in [0.25, 0.3) is 0 Å². The van der Waals surface area contributed by atoms with Crippen LogP contribution in [0.1, 0.15) is 328 Å². The van der Waals surface area contributed by atoms with Gasteiger partial charge in [-0.1, -0.05) is 294 Å². The van der Waals surface area contributed by atoms with E-state index in [1.165, 1.54) is 238 Å². The number of nitrogens with one attached hydrogen (secondary N) is 1. The monoisotopic (exact) mass is 1130 g/mol. The molecule has 0 aromatic heterocycles. The number of allylic oxidation sites excluding steroid dienone is 5. The van der Waals surface area contributed by atoms with E-state index in [1.807, 2.05) is 6.08 Å². The predicted octanol–water partition coefficient (Wildman–Crippen LogP) is 17.0. The summed E-state index contributed by atoms with van der Waals surface area (Å²) in [6, 6.07) is -0.806. The Labute approximate surface area is 492 Å². The fourth-order valence-corrected chi connectivity index (χ4v) is 10.8. The molecular weight excluding hydrogens is 1000 g/mol. The Bertz CT molecular complexity index is 1420. The van der Waals surface area contributed by atoms with Crippen molar-refractivity contribution in [1.29, 1.82) is 0 Å². The average Bonchev–Trinajstić information content (AvgIpc) is 3.49. The number of amides is 1. The molecule has 1 aliphatic heterocycles. The summed E-state index contributed by atoms with van der Waals surface area (Å²) in [7, 11) is 0. The molecule has 1 rings (SSSR count). The van der Waals surface area contributed by atoms with Gasteiger partial charge in [-0.2, -0.15) is 0 Å². The smallest absolute Gasteiger partial charge is 0.305 e. The molecule has 0 bridgehead atoms. The summed E-state index contributed by atoms with van der Waals surface area (Å²) < 4.78 is 16.7. The standard InChI is InChI=1S/C69H129NO10/c1-3-5-7-9-11-13-14-15-34-37-41-45-49-53-57-65(74)78-58-54-50-46-42-38-35-32-30-28-26-24-22-20-18-16-17-19-21-23-25-27-29-31-33-36-40-44-48-52-56-64(73)70-61(62(72)55-51-47-43-39-12-10-8-6-4-2)60-79-69-68(77)67(76)66(75)63(59-71)80-69/h9,11,14-15,51,55,61-63,66-69,71-72,75-77H,3-8,10,12-13,16-50,52-54,56-60H2,1-2H3,(H,70,73)/b11-9-,15-14-,55-51+. The van der Waals surface area contributed by atoms with Crippen LogP contribution in [0.2, 0.25) is 0 Å². The molecule has 80 heavy (non-hydrogen) atoms. The third-order valence-corrected chi connectivity index (χ3v) is 16.2. The van der Waals surface area contributed by atoms with Crippen molar-refractivity contribution in [3.05, 3.63) is 36.5 Å². The molecular formula is C69H129NO10. The maximum absolute atomic E-state index is 13.0. The van der Waals surface area contributed by atoms with Gasteiger partial charge in [-0.15, -0.1) is 0 Å². The van der Waals surface area contributed by atoms with Crippen molar-refractivity contribution in [3.8, 4) is 0 Å². The van der Waals surface area contributed by atoms with Gasteiger partial charge in [-0.25, -0.2) is 0 Å². The van der Waals surface area contributed by atoms with E-state index in [0.29, 0.717) is 19.4 Å². The first-order valence-corrected chi connectivity index (χ1v) is 34.3. The van der Waals surface area contributed by atoms with Crippen molar-refractivity contribution >= 4 is 11.9 Å². The van der Waals surface area contributed by atoms with E-state index in [-0.39, 0.29) is 18.5 Å². The highest BCUT2D eigenvalue weighted by molar-refractivity contribution is 5.76. The molecule has 0 spiro atoms. The Balaban J connectivity index is 1.91. The maximum Gasteiger partial charge on any atom is 0.305 e. The summed E-state index contributed by atoms with van der Waals surface area (Å²) in [4.78, 5) is 25.1. The molecule has 11 nitrogen and oxygen atoms in total. The van der Waals surface area contributed by atoms with Gasteiger partial charge in [0, 0.05) is 12.8 Å². The molecule has 11 heteroatoms. The van der Waals surface area contributed by atoms with Gasteiger partial charge in [0.05, 0.1) is 32.0 Å². The van der Waals surface area contributed by atoms with Crippen molar-refractivity contribution in [2.45, 2.75) is 371 Å². The van der Waals surface area contributed by atoms with Crippen LogP contribution in [0.5, 0.6) is 0 Å². The Kier molecular flexibility index (Phi) is 55.6. The van der Waals surface area contributed by atoms with E-state index in [2.05, 4.69) is 43.5 Å². The SMILES string of the molecule is CCCC/C=C\C/C=C\CCCCCCCC(=O)OCCCCCCCCCCCCCCCCCCCCCCCCCCCCCCCC(=O)NC(COC1OC(CO)C(O)C(O)C1O)C(O)/C=C/CCCCCCCCC. The topological polar surface area (TPSA) is 175 Å². The number of aliphatic hydroxyl groups excluding tert-OH is 5. The maximum atomic E-state index is 13.0. The van der Waals surface area contributed by atoms with E-state index >= 15 is 0 Å². The van der Waals surface area contributed by atoms with Crippen LogP contribution in [-0.4, -0.2) is 100 Å². The van der Waals surface area contributed by atoms with Crippen molar-refractivity contribution in [2.75, 3.05) is 19.8 Å². The number of esters is 1. The summed E-state index contributed by atoms with van der Waals surface area (Å²) in [6.07, 6.45) is 64.3. The largest absolute Gasteiger partial charge is 0.466 e. The Hall–Kier alpha value is -2.12. The van der Waals surface area contributed by atoms with Crippen LogP contribution in [0, 0.1) is 0 Å². The molecule has 0 saturated carbocycles. The number of hydrogen-bond acceptors (Lipinski definition) is 10. The number of ether oxygens (including phenoxy) is 3. The highest BCUT2D eigenvalue weighted by Gasteiger charge is 2.44. The molecule has 1 heterocycles.